The van der Waals surface area contributed by atoms with E-state index in [-0.39, 0.29) is 5.41 Å². The zero-order valence-electron chi connectivity index (χ0n) is 32.6. The molecule has 2 aliphatic carbocycles. The van der Waals surface area contributed by atoms with E-state index in [2.05, 4.69) is 217 Å². The molecule has 2 atom stereocenters. The fourth-order valence-electron chi connectivity index (χ4n) is 11.5. The van der Waals surface area contributed by atoms with E-state index in [0.717, 1.165) is 34.8 Å². The summed E-state index contributed by atoms with van der Waals surface area (Å²) in [5, 5.41) is 2.45. The van der Waals surface area contributed by atoms with Crippen molar-refractivity contribution < 1.29 is 4.42 Å². The van der Waals surface area contributed by atoms with Crippen LogP contribution in [0.25, 0.3) is 61.1 Å². The Kier molecular flexibility index (Phi) is 6.56. The summed E-state index contributed by atoms with van der Waals surface area (Å²) in [7, 11) is 0. The lowest BCUT2D eigenvalue weighted by atomic mass is 9.49. The largest absolute Gasteiger partial charge is 0.456 e. The van der Waals surface area contributed by atoms with Crippen molar-refractivity contribution in [3.63, 3.8) is 0 Å². The summed E-state index contributed by atoms with van der Waals surface area (Å²) in [6.45, 7) is 2.55. The van der Waals surface area contributed by atoms with Gasteiger partial charge in [0, 0.05) is 50.1 Å². The van der Waals surface area contributed by atoms with Crippen LogP contribution in [-0.4, -0.2) is 4.57 Å². The van der Waals surface area contributed by atoms with E-state index in [1.165, 1.54) is 77.7 Å². The third kappa shape index (κ3) is 4.16. The number of benzene rings is 8. The molecule has 2 aromatic heterocycles. The van der Waals surface area contributed by atoms with E-state index in [0.29, 0.717) is 0 Å². The van der Waals surface area contributed by atoms with Crippen LogP contribution >= 0.6 is 0 Å². The highest BCUT2D eigenvalue weighted by Crippen LogP contribution is 2.69. The number of hydrogen-bond donors (Lipinski definition) is 0. The third-order valence-corrected chi connectivity index (χ3v) is 13.8. The fourth-order valence-corrected chi connectivity index (χ4v) is 11.5. The van der Waals surface area contributed by atoms with Crippen molar-refractivity contribution >= 4 is 38.9 Å². The Hall–Kier alpha value is -7.36. The second-order valence-corrected chi connectivity index (χ2v) is 16.6. The Labute approximate surface area is 343 Å². The molecule has 2 unspecified atom stereocenters. The third-order valence-electron chi connectivity index (χ3n) is 13.8. The maximum Gasteiger partial charge on any atom is 0.141 e. The maximum atomic E-state index is 6.90. The highest BCUT2D eigenvalue weighted by Gasteiger charge is 2.63. The molecule has 3 aliphatic rings. The molecule has 0 fully saturated rings. The molecule has 1 spiro atoms. The Morgan fingerprint density at radius 3 is 1.88 bits per heavy atom. The molecular formula is C56H38N2O. The van der Waals surface area contributed by atoms with Crippen LogP contribution in [0.3, 0.4) is 0 Å². The van der Waals surface area contributed by atoms with Gasteiger partial charge in [0.25, 0.3) is 0 Å². The SMILES string of the molecule is CC12Cc3c(oc4ccccc34)-c3c1n(c1ccccc31)-c1ccccc1C21c2ccccc2-c2cc(-c3ccc(N(c4ccccc4)c4ccccc4)cc3)ccc21. The van der Waals surface area contributed by atoms with E-state index in [1.807, 2.05) is 0 Å². The maximum absolute atomic E-state index is 6.90. The lowest BCUT2D eigenvalue weighted by Gasteiger charge is -2.54. The van der Waals surface area contributed by atoms with E-state index >= 15 is 0 Å². The van der Waals surface area contributed by atoms with Crippen molar-refractivity contribution in [2.45, 2.75) is 24.2 Å². The van der Waals surface area contributed by atoms with Gasteiger partial charge in [0.05, 0.1) is 16.6 Å². The van der Waals surface area contributed by atoms with Crippen molar-refractivity contribution in [2.75, 3.05) is 4.90 Å². The van der Waals surface area contributed by atoms with Crippen LogP contribution in [0.5, 0.6) is 0 Å². The smallest absolute Gasteiger partial charge is 0.141 e. The monoisotopic (exact) mass is 754 g/mol. The van der Waals surface area contributed by atoms with E-state index in [4.69, 9.17) is 4.42 Å². The van der Waals surface area contributed by atoms with Gasteiger partial charge in [0.2, 0.25) is 0 Å². The molecule has 0 amide bonds. The zero-order valence-corrected chi connectivity index (χ0v) is 32.6. The van der Waals surface area contributed by atoms with Gasteiger partial charge in [-0.15, -0.1) is 0 Å². The predicted octanol–water partition coefficient (Wildman–Crippen LogP) is 14.3. The standard InChI is InChI=1S/C56H38N2O/c1-55-35-45-42-21-10-15-27-51(42)59-53(45)52-43-22-9-13-25-49(43)58(54(52)55)50-26-14-12-24-48(50)56(55)46-23-11-8-20-41(46)44-34-37(30-33-47(44)56)36-28-31-40(32-29-36)57(38-16-4-2-5-17-38)39-18-6-3-7-19-39/h2-34H,35H2,1H3. The lowest BCUT2D eigenvalue weighted by molar-refractivity contribution is 0.300. The van der Waals surface area contributed by atoms with Gasteiger partial charge in [-0.25, -0.2) is 0 Å². The number of fused-ring (bicyclic) bond motifs is 16. The summed E-state index contributed by atoms with van der Waals surface area (Å²) in [5.41, 5.74) is 19.0. The first-order valence-corrected chi connectivity index (χ1v) is 20.6. The summed E-state index contributed by atoms with van der Waals surface area (Å²) in [6, 6.07) is 73.6. The Bertz CT molecular complexity index is 3280. The van der Waals surface area contributed by atoms with Crippen LogP contribution in [0.4, 0.5) is 17.1 Å². The molecule has 278 valence electrons. The van der Waals surface area contributed by atoms with Gasteiger partial charge in [-0.3, -0.25) is 0 Å². The number of hydrogen-bond acceptors (Lipinski definition) is 2. The number of anilines is 3. The normalized spacial score (nSPS) is 18.0. The molecule has 0 bridgehead atoms. The highest BCUT2D eigenvalue weighted by atomic mass is 16.3. The van der Waals surface area contributed by atoms with Gasteiger partial charge >= 0.3 is 0 Å². The minimum absolute atomic E-state index is 0.377. The molecule has 1 aliphatic heterocycles. The number of furan rings is 1. The summed E-state index contributed by atoms with van der Waals surface area (Å²) in [5.74, 6) is 1.02. The van der Waals surface area contributed by atoms with Crippen molar-refractivity contribution in [3.8, 4) is 39.3 Å². The lowest BCUT2D eigenvalue weighted by Crippen LogP contribution is -2.54. The average molecular weight is 755 g/mol. The van der Waals surface area contributed by atoms with Crippen LogP contribution in [-0.2, 0) is 17.3 Å². The molecule has 0 N–H and O–H groups in total. The minimum Gasteiger partial charge on any atom is -0.456 e. The Morgan fingerprint density at radius 2 is 1.10 bits per heavy atom. The van der Waals surface area contributed by atoms with Crippen LogP contribution in [0, 0.1) is 0 Å². The summed E-state index contributed by atoms with van der Waals surface area (Å²) < 4.78 is 9.48. The number of nitrogens with zero attached hydrogens (tertiary/aromatic N) is 2. The Balaban J connectivity index is 1.04. The molecule has 3 heterocycles. The van der Waals surface area contributed by atoms with Crippen molar-refractivity contribution in [3.05, 3.63) is 228 Å². The van der Waals surface area contributed by atoms with E-state index in [9.17, 15) is 0 Å². The number of rotatable bonds is 4. The first-order valence-electron chi connectivity index (χ1n) is 20.6. The minimum atomic E-state index is -0.473. The second kappa shape index (κ2) is 11.8. The van der Waals surface area contributed by atoms with Gasteiger partial charge in [0.15, 0.2) is 0 Å². The van der Waals surface area contributed by atoms with Gasteiger partial charge in [0.1, 0.15) is 11.3 Å². The average Bonchev–Trinajstić information content (AvgIpc) is 3.94. The summed E-state index contributed by atoms with van der Waals surface area (Å²) >= 11 is 0. The van der Waals surface area contributed by atoms with E-state index in [1.54, 1.807) is 0 Å². The molecule has 3 heteroatoms. The van der Waals surface area contributed by atoms with Crippen molar-refractivity contribution in [2.24, 2.45) is 0 Å². The van der Waals surface area contributed by atoms with Gasteiger partial charge < -0.3 is 13.9 Å². The molecule has 59 heavy (non-hydrogen) atoms. The predicted molar refractivity (Wildman–Crippen MR) is 241 cm³/mol. The first-order chi connectivity index (χ1) is 29.1. The quantitative estimate of drug-likeness (QED) is 0.178. The van der Waals surface area contributed by atoms with Gasteiger partial charge in [-0.05, 0) is 106 Å². The van der Waals surface area contributed by atoms with E-state index < -0.39 is 5.41 Å². The Morgan fingerprint density at radius 1 is 0.508 bits per heavy atom. The van der Waals surface area contributed by atoms with Crippen molar-refractivity contribution in [1.82, 2.24) is 4.57 Å². The van der Waals surface area contributed by atoms with Crippen molar-refractivity contribution in [1.29, 1.82) is 0 Å². The van der Waals surface area contributed by atoms with Gasteiger partial charge in [-0.2, -0.15) is 0 Å². The topological polar surface area (TPSA) is 21.3 Å². The summed E-state index contributed by atoms with van der Waals surface area (Å²) in [6.07, 6.45) is 0.841. The van der Waals surface area contributed by atoms with Crippen LogP contribution in [0.1, 0.15) is 34.9 Å². The molecule has 8 aromatic carbocycles. The fraction of sp³-hybridized carbons (Fsp3) is 0.0714. The summed E-state index contributed by atoms with van der Waals surface area (Å²) in [4.78, 5) is 2.32. The molecular weight excluding hydrogens is 717 g/mol. The van der Waals surface area contributed by atoms with Crippen LogP contribution in [0.2, 0.25) is 0 Å². The zero-order chi connectivity index (χ0) is 38.9. The molecule has 0 saturated carbocycles. The highest BCUT2D eigenvalue weighted by molar-refractivity contribution is 6.05. The van der Waals surface area contributed by atoms with Gasteiger partial charge in [-0.1, -0.05) is 146 Å². The first kappa shape index (κ1) is 32.7. The molecule has 3 nitrogen and oxygen atoms in total. The molecule has 0 saturated heterocycles. The molecule has 0 radical (unpaired) electrons. The van der Waals surface area contributed by atoms with Crippen LogP contribution < -0.4 is 4.90 Å². The second-order valence-electron chi connectivity index (χ2n) is 16.6. The number of aromatic nitrogens is 1. The number of para-hydroxylation sites is 5. The van der Waals surface area contributed by atoms with Crippen LogP contribution in [0.15, 0.2) is 205 Å². The molecule has 13 rings (SSSR count). The molecule has 10 aromatic rings.